The highest BCUT2D eigenvalue weighted by molar-refractivity contribution is 4.84. The van der Waals surface area contributed by atoms with E-state index in [-0.39, 0.29) is 0 Å². The average molecular weight is 170 g/mol. The molecule has 0 spiro atoms. The van der Waals surface area contributed by atoms with Crippen molar-refractivity contribution in [3.8, 4) is 0 Å². The van der Waals surface area contributed by atoms with E-state index >= 15 is 0 Å². The first kappa shape index (κ1) is 10.0. The SMILES string of the molecule is CCCC(CN(C)C1CC1)NC. The number of hydrogen-bond acceptors (Lipinski definition) is 2. The molecule has 0 aromatic carbocycles. The Labute approximate surface area is 76.3 Å². The van der Waals surface area contributed by atoms with Crippen LogP contribution in [0.4, 0.5) is 0 Å². The Morgan fingerprint density at radius 1 is 1.50 bits per heavy atom. The lowest BCUT2D eigenvalue weighted by molar-refractivity contribution is 0.278. The molecule has 2 heteroatoms. The van der Waals surface area contributed by atoms with Crippen LogP contribution in [-0.2, 0) is 0 Å². The third-order valence-electron chi connectivity index (χ3n) is 2.72. The van der Waals surface area contributed by atoms with Crippen molar-refractivity contribution < 1.29 is 0 Å². The quantitative estimate of drug-likeness (QED) is 0.649. The van der Waals surface area contributed by atoms with Gasteiger partial charge in [0.25, 0.3) is 0 Å². The fraction of sp³-hybridized carbons (Fsp3) is 1.00. The van der Waals surface area contributed by atoms with Gasteiger partial charge in [-0.3, -0.25) is 0 Å². The zero-order chi connectivity index (χ0) is 8.97. The Morgan fingerprint density at radius 3 is 2.58 bits per heavy atom. The van der Waals surface area contributed by atoms with Crippen molar-refractivity contribution in [1.82, 2.24) is 10.2 Å². The number of nitrogens with zero attached hydrogens (tertiary/aromatic N) is 1. The van der Waals surface area contributed by atoms with Crippen LogP contribution in [0.25, 0.3) is 0 Å². The van der Waals surface area contributed by atoms with E-state index in [0.717, 1.165) is 6.04 Å². The van der Waals surface area contributed by atoms with Gasteiger partial charge in [0.05, 0.1) is 0 Å². The van der Waals surface area contributed by atoms with Crippen molar-refractivity contribution in [3.05, 3.63) is 0 Å². The van der Waals surface area contributed by atoms with Crippen LogP contribution < -0.4 is 5.32 Å². The first-order valence-corrected chi connectivity index (χ1v) is 5.15. The average Bonchev–Trinajstić information content (AvgIpc) is 2.85. The van der Waals surface area contributed by atoms with E-state index in [1.54, 1.807) is 0 Å². The van der Waals surface area contributed by atoms with Crippen molar-refractivity contribution in [2.45, 2.75) is 44.7 Å². The van der Waals surface area contributed by atoms with Crippen molar-refractivity contribution in [2.75, 3.05) is 20.6 Å². The summed E-state index contributed by atoms with van der Waals surface area (Å²) >= 11 is 0. The monoisotopic (exact) mass is 170 g/mol. The zero-order valence-corrected chi connectivity index (χ0v) is 8.64. The molecule has 0 aromatic rings. The van der Waals surface area contributed by atoms with Crippen LogP contribution in [0, 0.1) is 0 Å². The summed E-state index contributed by atoms with van der Waals surface area (Å²) in [6.07, 6.45) is 5.41. The molecule has 1 aliphatic rings. The Kier molecular flexibility index (Phi) is 4.02. The highest BCUT2D eigenvalue weighted by Gasteiger charge is 2.26. The molecule has 1 unspecified atom stereocenters. The van der Waals surface area contributed by atoms with Gasteiger partial charge in [-0.25, -0.2) is 0 Å². The minimum atomic E-state index is 0.695. The van der Waals surface area contributed by atoms with E-state index in [9.17, 15) is 0 Å². The van der Waals surface area contributed by atoms with Crippen molar-refractivity contribution in [3.63, 3.8) is 0 Å². The van der Waals surface area contributed by atoms with Gasteiger partial charge in [0.1, 0.15) is 0 Å². The maximum absolute atomic E-state index is 3.37. The largest absolute Gasteiger partial charge is 0.316 e. The molecule has 0 radical (unpaired) electrons. The molecular formula is C10H22N2. The molecule has 0 saturated heterocycles. The van der Waals surface area contributed by atoms with Crippen LogP contribution in [0.5, 0.6) is 0 Å². The van der Waals surface area contributed by atoms with Gasteiger partial charge in [0.15, 0.2) is 0 Å². The van der Waals surface area contributed by atoms with Crippen LogP contribution >= 0.6 is 0 Å². The molecule has 1 rings (SSSR count). The lowest BCUT2D eigenvalue weighted by Crippen LogP contribution is -2.38. The second-order valence-electron chi connectivity index (χ2n) is 3.95. The fourth-order valence-corrected chi connectivity index (χ4v) is 1.69. The second-order valence-corrected chi connectivity index (χ2v) is 3.95. The predicted molar refractivity (Wildman–Crippen MR) is 53.4 cm³/mol. The molecule has 1 N–H and O–H groups in total. The molecule has 1 saturated carbocycles. The van der Waals surface area contributed by atoms with E-state index in [2.05, 4.69) is 31.2 Å². The molecule has 0 bridgehead atoms. The predicted octanol–water partition coefficient (Wildman–Crippen LogP) is 1.47. The van der Waals surface area contributed by atoms with Crippen molar-refractivity contribution >= 4 is 0 Å². The van der Waals surface area contributed by atoms with Gasteiger partial charge < -0.3 is 10.2 Å². The normalized spacial score (nSPS) is 20.0. The second kappa shape index (κ2) is 4.83. The maximum atomic E-state index is 3.37. The summed E-state index contributed by atoms with van der Waals surface area (Å²) in [5.41, 5.74) is 0. The van der Waals surface area contributed by atoms with E-state index in [0.29, 0.717) is 6.04 Å². The highest BCUT2D eigenvalue weighted by Crippen LogP contribution is 2.25. The number of likely N-dealkylation sites (N-methyl/N-ethyl adjacent to an activating group) is 2. The maximum Gasteiger partial charge on any atom is 0.0191 e. The van der Waals surface area contributed by atoms with Gasteiger partial charge in [-0.2, -0.15) is 0 Å². The Balaban J connectivity index is 2.15. The molecule has 0 amide bonds. The lowest BCUT2D eigenvalue weighted by Gasteiger charge is -2.23. The number of nitrogens with one attached hydrogen (secondary N) is 1. The molecule has 12 heavy (non-hydrogen) atoms. The van der Waals surface area contributed by atoms with E-state index in [1.165, 1.54) is 32.2 Å². The summed E-state index contributed by atoms with van der Waals surface area (Å²) in [6, 6.07) is 1.60. The summed E-state index contributed by atoms with van der Waals surface area (Å²) in [4.78, 5) is 2.50. The Morgan fingerprint density at radius 2 is 2.17 bits per heavy atom. The van der Waals surface area contributed by atoms with Gasteiger partial charge >= 0.3 is 0 Å². The van der Waals surface area contributed by atoms with E-state index in [1.807, 2.05) is 0 Å². The molecule has 1 aliphatic carbocycles. The summed E-state index contributed by atoms with van der Waals surface area (Å²) < 4.78 is 0. The molecule has 2 nitrogen and oxygen atoms in total. The zero-order valence-electron chi connectivity index (χ0n) is 8.64. The van der Waals surface area contributed by atoms with Crippen LogP contribution in [0.1, 0.15) is 32.6 Å². The first-order valence-electron chi connectivity index (χ1n) is 5.15. The summed E-state index contributed by atoms with van der Waals surface area (Å²) in [5.74, 6) is 0. The topological polar surface area (TPSA) is 15.3 Å². The summed E-state index contributed by atoms with van der Waals surface area (Å²) in [7, 11) is 4.32. The van der Waals surface area contributed by atoms with Gasteiger partial charge in [-0.05, 0) is 33.4 Å². The minimum Gasteiger partial charge on any atom is -0.316 e. The molecule has 1 atom stereocenters. The molecule has 72 valence electrons. The Hall–Kier alpha value is -0.0800. The van der Waals surface area contributed by atoms with Gasteiger partial charge in [-0.15, -0.1) is 0 Å². The molecule has 0 heterocycles. The van der Waals surface area contributed by atoms with E-state index < -0.39 is 0 Å². The van der Waals surface area contributed by atoms with Gasteiger partial charge in [-0.1, -0.05) is 13.3 Å². The van der Waals surface area contributed by atoms with Crippen molar-refractivity contribution in [2.24, 2.45) is 0 Å². The molecule has 1 fully saturated rings. The smallest absolute Gasteiger partial charge is 0.0191 e. The summed E-state index contributed by atoms with van der Waals surface area (Å²) in [5, 5.41) is 3.37. The van der Waals surface area contributed by atoms with Gasteiger partial charge in [0.2, 0.25) is 0 Å². The van der Waals surface area contributed by atoms with Crippen molar-refractivity contribution in [1.29, 1.82) is 0 Å². The first-order chi connectivity index (χ1) is 5.77. The molecular weight excluding hydrogens is 148 g/mol. The van der Waals surface area contributed by atoms with Crippen LogP contribution in [0.3, 0.4) is 0 Å². The van der Waals surface area contributed by atoms with Crippen LogP contribution in [0.2, 0.25) is 0 Å². The van der Waals surface area contributed by atoms with Gasteiger partial charge in [0, 0.05) is 18.6 Å². The van der Waals surface area contributed by atoms with Crippen LogP contribution in [0.15, 0.2) is 0 Å². The number of rotatable bonds is 6. The Bertz CT molecular complexity index is 121. The lowest BCUT2D eigenvalue weighted by atomic mass is 10.1. The third-order valence-corrected chi connectivity index (χ3v) is 2.72. The highest BCUT2D eigenvalue weighted by atomic mass is 15.2. The minimum absolute atomic E-state index is 0.695. The van der Waals surface area contributed by atoms with E-state index in [4.69, 9.17) is 0 Å². The fourth-order valence-electron chi connectivity index (χ4n) is 1.69. The standard InChI is InChI=1S/C10H22N2/c1-4-5-9(11-2)8-12(3)10-6-7-10/h9-11H,4-8H2,1-3H3. The van der Waals surface area contributed by atoms with Crippen LogP contribution in [-0.4, -0.2) is 37.6 Å². The summed E-state index contributed by atoms with van der Waals surface area (Å²) in [6.45, 7) is 3.47. The molecule has 0 aromatic heterocycles. The third kappa shape index (κ3) is 3.11. The molecule has 0 aliphatic heterocycles. The number of hydrogen-bond donors (Lipinski definition) is 1.